The van der Waals surface area contributed by atoms with Crippen molar-refractivity contribution in [2.45, 2.75) is 0 Å². The van der Waals surface area contributed by atoms with Crippen molar-refractivity contribution in [1.82, 2.24) is 19.5 Å². The van der Waals surface area contributed by atoms with Crippen LogP contribution in [0.3, 0.4) is 0 Å². The molecule has 0 amide bonds. The molecule has 0 saturated carbocycles. The lowest BCUT2D eigenvalue weighted by molar-refractivity contribution is 0.899. The molecule has 0 fully saturated rings. The average molecular weight is 184 g/mol. The first kappa shape index (κ1) is 8.45. The SMILES string of the molecule is Cn1cncc1C#Cc1cnccn1. The van der Waals surface area contributed by atoms with Gasteiger partial charge >= 0.3 is 0 Å². The molecule has 0 aliphatic rings. The van der Waals surface area contributed by atoms with E-state index in [1.165, 1.54) is 0 Å². The summed E-state index contributed by atoms with van der Waals surface area (Å²) in [5.74, 6) is 5.86. The number of aromatic nitrogens is 4. The monoisotopic (exact) mass is 184 g/mol. The Balaban J connectivity index is 2.28. The van der Waals surface area contributed by atoms with Gasteiger partial charge in [0, 0.05) is 19.4 Å². The van der Waals surface area contributed by atoms with Crippen LogP contribution in [0.4, 0.5) is 0 Å². The van der Waals surface area contributed by atoms with Gasteiger partial charge in [0.2, 0.25) is 0 Å². The van der Waals surface area contributed by atoms with Gasteiger partial charge in [0.1, 0.15) is 11.4 Å². The number of rotatable bonds is 0. The molecule has 2 aromatic heterocycles. The lowest BCUT2D eigenvalue weighted by Crippen LogP contribution is -1.89. The molecule has 4 nitrogen and oxygen atoms in total. The minimum Gasteiger partial charge on any atom is -0.327 e. The second-order valence-electron chi connectivity index (χ2n) is 2.73. The van der Waals surface area contributed by atoms with Crippen LogP contribution in [0.25, 0.3) is 0 Å². The van der Waals surface area contributed by atoms with Gasteiger partial charge in [0.05, 0.1) is 18.7 Å². The second kappa shape index (κ2) is 3.71. The molecule has 0 aromatic carbocycles. The molecule has 0 N–H and O–H groups in total. The Morgan fingerprint density at radius 2 is 2.07 bits per heavy atom. The Labute approximate surface area is 81.7 Å². The Bertz CT molecular complexity index is 476. The Morgan fingerprint density at radius 3 is 2.71 bits per heavy atom. The molecule has 0 aliphatic carbocycles. The molecule has 0 spiro atoms. The van der Waals surface area contributed by atoms with Crippen LogP contribution in [0.1, 0.15) is 11.4 Å². The molecule has 0 unspecified atom stereocenters. The summed E-state index contributed by atoms with van der Waals surface area (Å²) in [6, 6.07) is 0. The van der Waals surface area contributed by atoms with Crippen molar-refractivity contribution < 1.29 is 0 Å². The van der Waals surface area contributed by atoms with Crippen LogP contribution < -0.4 is 0 Å². The van der Waals surface area contributed by atoms with Crippen molar-refractivity contribution in [3.8, 4) is 11.8 Å². The maximum Gasteiger partial charge on any atom is 0.131 e. The number of hydrogen-bond donors (Lipinski definition) is 0. The van der Waals surface area contributed by atoms with Crippen LogP contribution >= 0.6 is 0 Å². The fourth-order valence-electron chi connectivity index (χ4n) is 0.969. The topological polar surface area (TPSA) is 43.6 Å². The summed E-state index contributed by atoms with van der Waals surface area (Å²) in [5, 5.41) is 0. The van der Waals surface area contributed by atoms with Gasteiger partial charge in [-0.15, -0.1) is 0 Å². The highest BCUT2D eigenvalue weighted by atomic mass is 15.0. The summed E-state index contributed by atoms with van der Waals surface area (Å²) < 4.78 is 1.85. The van der Waals surface area contributed by atoms with Crippen molar-refractivity contribution >= 4 is 0 Å². The predicted molar refractivity (Wildman–Crippen MR) is 51.2 cm³/mol. The van der Waals surface area contributed by atoms with Crippen LogP contribution in [0.5, 0.6) is 0 Å². The Hall–Kier alpha value is -2.15. The third kappa shape index (κ3) is 1.77. The average Bonchev–Trinajstić information content (AvgIpc) is 2.63. The van der Waals surface area contributed by atoms with E-state index in [0.29, 0.717) is 5.69 Å². The Kier molecular flexibility index (Phi) is 2.24. The van der Waals surface area contributed by atoms with E-state index in [2.05, 4.69) is 26.8 Å². The first-order valence-corrected chi connectivity index (χ1v) is 4.10. The molecule has 0 saturated heterocycles. The van der Waals surface area contributed by atoms with Crippen LogP contribution in [-0.4, -0.2) is 19.5 Å². The fourth-order valence-corrected chi connectivity index (χ4v) is 0.969. The van der Waals surface area contributed by atoms with Crippen molar-refractivity contribution in [3.63, 3.8) is 0 Å². The van der Waals surface area contributed by atoms with Crippen molar-refractivity contribution in [2.24, 2.45) is 7.05 Å². The van der Waals surface area contributed by atoms with Gasteiger partial charge < -0.3 is 4.57 Å². The first-order valence-electron chi connectivity index (χ1n) is 4.10. The van der Waals surface area contributed by atoms with E-state index in [9.17, 15) is 0 Å². The summed E-state index contributed by atoms with van der Waals surface area (Å²) >= 11 is 0. The summed E-state index contributed by atoms with van der Waals surface area (Å²) in [7, 11) is 1.90. The normalized spacial score (nSPS) is 9.21. The number of imidazole rings is 1. The molecular weight excluding hydrogens is 176 g/mol. The smallest absolute Gasteiger partial charge is 0.131 e. The second-order valence-corrected chi connectivity index (χ2v) is 2.73. The summed E-state index contributed by atoms with van der Waals surface area (Å²) in [5.41, 5.74) is 1.52. The van der Waals surface area contributed by atoms with E-state index in [4.69, 9.17) is 0 Å². The first-order chi connectivity index (χ1) is 6.86. The van der Waals surface area contributed by atoms with E-state index in [1.807, 2.05) is 11.6 Å². The lowest BCUT2D eigenvalue weighted by Gasteiger charge is -1.89. The molecule has 2 heterocycles. The van der Waals surface area contributed by atoms with Crippen molar-refractivity contribution in [3.05, 3.63) is 42.5 Å². The zero-order valence-corrected chi connectivity index (χ0v) is 7.68. The van der Waals surface area contributed by atoms with E-state index in [0.717, 1.165) is 5.69 Å². The van der Waals surface area contributed by atoms with Gasteiger partial charge in [-0.25, -0.2) is 9.97 Å². The van der Waals surface area contributed by atoms with Crippen LogP contribution in [0, 0.1) is 11.8 Å². The van der Waals surface area contributed by atoms with Gasteiger partial charge in [0.25, 0.3) is 0 Å². The highest BCUT2D eigenvalue weighted by Crippen LogP contribution is 1.93. The number of hydrogen-bond acceptors (Lipinski definition) is 3. The van der Waals surface area contributed by atoms with Gasteiger partial charge in [-0.2, -0.15) is 0 Å². The molecule has 14 heavy (non-hydrogen) atoms. The largest absolute Gasteiger partial charge is 0.327 e. The molecule has 0 bridgehead atoms. The highest BCUT2D eigenvalue weighted by Gasteiger charge is 1.91. The summed E-state index contributed by atoms with van der Waals surface area (Å²) in [4.78, 5) is 11.9. The lowest BCUT2D eigenvalue weighted by atomic mass is 10.4. The van der Waals surface area contributed by atoms with Gasteiger partial charge in [-0.3, -0.25) is 4.98 Å². The van der Waals surface area contributed by atoms with E-state index in [1.54, 1.807) is 31.1 Å². The standard InChI is InChI=1S/C10H8N4/c1-14-8-12-7-10(14)3-2-9-6-11-4-5-13-9/h4-8H,1H3. The Morgan fingerprint density at radius 1 is 1.14 bits per heavy atom. The fraction of sp³-hybridized carbons (Fsp3) is 0.100. The third-order valence-electron chi connectivity index (χ3n) is 1.70. The van der Waals surface area contributed by atoms with Crippen molar-refractivity contribution in [2.75, 3.05) is 0 Å². The van der Waals surface area contributed by atoms with Crippen LogP contribution in [-0.2, 0) is 7.05 Å². The zero-order valence-electron chi connectivity index (χ0n) is 7.68. The van der Waals surface area contributed by atoms with Crippen LogP contribution in [0.2, 0.25) is 0 Å². The number of nitrogens with zero attached hydrogens (tertiary/aromatic N) is 4. The van der Waals surface area contributed by atoms with Gasteiger partial charge in [0.15, 0.2) is 0 Å². The summed E-state index contributed by atoms with van der Waals surface area (Å²) in [6.45, 7) is 0. The van der Waals surface area contributed by atoms with E-state index >= 15 is 0 Å². The molecule has 0 aliphatic heterocycles. The maximum absolute atomic E-state index is 4.04. The summed E-state index contributed by atoms with van der Waals surface area (Å²) in [6.07, 6.45) is 8.29. The molecule has 2 rings (SSSR count). The molecule has 4 heteroatoms. The minimum atomic E-state index is 0.661. The van der Waals surface area contributed by atoms with Crippen LogP contribution in [0.15, 0.2) is 31.1 Å². The van der Waals surface area contributed by atoms with Crippen molar-refractivity contribution in [1.29, 1.82) is 0 Å². The zero-order chi connectivity index (χ0) is 9.80. The van der Waals surface area contributed by atoms with Gasteiger partial charge in [-0.1, -0.05) is 0 Å². The minimum absolute atomic E-state index is 0.661. The predicted octanol–water partition coefficient (Wildman–Crippen LogP) is 0.610. The molecule has 2 aromatic rings. The van der Waals surface area contributed by atoms with E-state index < -0.39 is 0 Å². The quantitative estimate of drug-likeness (QED) is 0.563. The molecule has 0 radical (unpaired) electrons. The highest BCUT2D eigenvalue weighted by molar-refractivity contribution is 5.34. The van der Waals surface area contributed by atoms with E-state index in [-0.39, 0.29) is 0 Å². The molecular formula is C10H8N4. The van der Waals surface area contributed by atoms with Gasteiger partial charge in [-0.05, 0) is 11.8 Å². The molecule has 0 atom stereocenters. The number of aryl methyl sites for hydroxylation is 1. The molecule has 68 valence electrons. The maximum atomic E-state index is 4.04. The third-order valence-corrected chi connectivity index (χ3v) is 1.70.